The Morgan fingerprint density at radius 3 is 2.45 bits per heavy atom. The van der Waals surface area contributed by atoms with E-state index < -0.39 is 17.5 Å². The van der Waals surface area contributed by atoms with Crippen molar-refractivity contribution >= 4 is 23.5 Å². The summed E-state index contributed by atoms with van der Waals surface area (Å²) in [5, 5.41) is 17.5. The number of aromatic amines is 1. The summed E-state index contributed by atoms with van der Waals surface area (Å²) in [6, 6.07) is 11.2. The van der Waals surface area contributed by atoms with Gasteiger partial charge in [-0.05, 0) is 18.2 Å². The Bertz CT molecular complexity index is 661. The molecule has 0 atom stereocenters. The number of hydrogen-bond acceptors (Lipinski definition) is 4. The highest BCUT2D eigenvalue weighted by Crippen LogP contribution is 2.27. The van der Waals surface area contributed by atoms with E-state index in [0.29, 0.717) is 6.08 Å². The second-order valence-corrected chi connectivity index (χ2v) is 5.01. The van der Waals surface area contributed by atoms with Gasteiger partial charge in [-0.1, -0.05) is 30.0 Å². The van der Waals surface area contributed by atoms with Crippen molar-refractivity contribution in [1.29, 1.82) is 0 Å². The fourth-order valence-corrected chi connectivity index (χ4v) is 2.32. The van der Waals surface area contributed by atoms with E-state index in [1.807, 2.05) is 30.3 Å². The number of benzene rings is 1. The van der Waals surface area contributed by atoms with Gasteiger partial charge in [-0.3, -0.25) is 4.79 Å². The van der Waals surface area contributed by atoms with Crippen LogP contribution in [0.25, 0.3) is 0 Å². The van der Waals surface area contributed by atoms with E-state index >= 15 is 0 Å². The molecule has 0 amide bonds. The minimum absolute atomic E-state index is 0.219. The predicted molar refractivity (Wildman–Crippen MR) is 74.0 cm³/mol. The van der Waals surface area contributed by atoms with E-state index in [2.05, 4.69) is 4.98 Å². The van der Waals surface area contributed by atoms with Crippen LogP contribution in [0.1, 0.15) is 10.5 Å². The molecular weight excluding hydrogens is 278 g/mol. The zero-order valence-electron chi connectivity index (χ0n) is 10.2. The van der Waals surface area contributed by atoms with E-state index in [4.69, 9.17) is 10.2 Å². The number of carboxylic acid groups (broad SMARTS) is 1. The van der Waals surface area contributed by atoms with Gasteiger partial charge in [0.25, 0.3) is 0 Å². The maximum atomic E-state index is 11.7. The molecule has 20 heavy (non-hydrogen) atoms. The highest BCUT2D eigenvalue weighted by molar-refractivity contribution is 7.99. The van der Waals surface area contributed by atoms with Crippen molar-refractivity contribution < 1.29 is 19.8 Å². The van der Waals surface area contributed by atoms with Crippen molar-refractivity contribution in [3.63, 3.8) is 0 Å². The first-order valence-corrected chi connectivity index (χ1v) is 6.47. The first-order valence-electron chi connectivity index (χ1n) is 5.66. The molecule has 0 aliphatic rings. The zero-order valence-corrected chi connectivity index (χ0v) is 11.1. The summed E-state index contributed by atoms with van der Waals surface area (Å²) < 4.78 is 0. The molecule has 0 fully saturated rings. The van der Waals surface area contributed by atoms with Crippen LogP contribution >= 0.6 is 11.8 Å². The average molecular weight is 289 g/mol. The van der Waals surface area contributed by atoms with Crippen LogP contribution < -0.4 is 0 Å². The van der Waals surface area contributed by atoms with Crippen molar-refractivity contribution in [3.8, 4) is 0 Å². The number of nitrogens with one attached hydrogen (secondary N) is 1. The lowest BCUT2D eigenvalue weighted by Crippen LogP contribution is -2.03. The normalized spacial score (nSPS) is 11.3. The van der Waals surface area contributed by atoms with Gasteiger partial charge in [-0.2, -0.15) is 0 Å². The summed E-state index contributed by atoms with van der Waals surface area (Å²) in [4.78, 5) is 26.7. The topological polar surface area (TPSA) is 90.4 Å². The molecule has 3 N–H and O–H groups in total. The lowest BCUT2D eigenvalue weighted by atomic mass is 10.2. The van der Waals surface area contributed by atoms with Gasteiger partial charge in [-0.15, -0.1) is 0 Å². The minimum Gasteiger partial charge on any atom is -0.502 e. The third-order valence-electron chi connectivity index (χ3n) is 2.39. The summed E-state index contributed by atoms with van der Waals surface area (Å²) in [6.45, 7) is 0. The van der Waals surface area contributed by atoms with Crippen LogP contribution in [0.3, 0.4) is 0 Å². The van der Waals surface area contributed by atoms with Crippen LogP contribution in [-0.2, 0) is 4.79 Å². The number of H-pyrrole nitrogens is 1. The van der Waals surface area contributed by atoms with E-state index in [9.17, 15) is 9.59 Å². The Morgan fingerprint density at radius 2 is 1.80 bits per heavy atom. The van der Waals surface area contributed by atoms with Crippen molar-refractivity contribution in [2.24, 2.45) is 0 Å². The number of ketones is 1. The summed E-state index contributed by atoms with van der Waals surface area (Å²) in [5.41, 5.74) is 0.219. The van der Waals surface area contributed by atoms with E-state index in [-0.39, 0.29) is 5.69 Å². The number of aliphatic hydroxyl groups excluding tert-OH is 1. The number of aromatic nitrogens is 1. The molecule has 2 aromatic rings. The molecule has 0 bridgehead atoms. The lowest BCUT2D eigenvalue weighted by molar-refractivity contribution is -0.135. The summed E-state index contributed by atoms with van der Waals surface area (Å²) >= 11 is 1.47. The molecule has 1 heterocycles. The molecular formula is C14H11NO4S. The standard InChI is InChI=1S/C14H11NO4S/c16-12(7-13(17)14(18)19)11-6-10(8-15-11)20-9-4-2-1-3-5-9/h1-8,15,17H,(H,18,19). The Balaban J connectivity index is 2.11. The molecule has 1 aromatic heterocycles. The van der Waals surface area contributed by atoms with Crippen molar-refractivity contribution in [3.05, 3.63) is 60.1 Å². The first-order chi connectivity index (χ1) is 9.56. The van der Waals surface area contributed by atoms with Crippen molar-refractivity contribution in [2.75, 3.05) is 0 Å². The number of carbonyl (C=O) groups is 2. The summed E-state index contributed by atoms with van der Waals surface area (Å²) in [5.74, 6) is -3.12. The van der Waals surface area contributed by atoms with Gasteiger partial charge in [0.05, 0.1) is 5.69 Å². The van der Waals surface area contributed by atoms with Gasteiger partial charge >= 0.3 is 5.97 Å². The van der Waals surface area contributed by atoms with Crippen LogP contribution in [0.15, 0.2) is 64.2 Å². The third-order valence-corrected chi connectivity index (χ3v) is 3.37. The molecule has 0 unspecified atom stereocenters. The van der Waals surface area contributed by atoms with Crippen molar-refractivity contribution in [2.45, 2.75) is 9.79 Å². The smallest absolute Gasteiger partial charge is 0.371 e. The van der Waals surface area contributed by atoms with Crippen LogP contribution in [0, 0.1) is 0 Å². The zero-order chi connectivity index (χ0) is 14.5. The number of aliphatic hydroxyl groups is 1. The fraction of sp³-hybridized carbons (Fsp3) is 0. The molecule has 2 rings (SSSR count). The molecule has 0 radical (unpaired) electrons. The fourth-order valence-electron chi connectivity index (χ4n) is 1.46. The predicted octanol–water partition coefficient (Wildman–Crippen LogP) is 2.88. The Hall–Kier alpha value is -2.47. The first kappa shape index (κ1) is 14.0. The van der Waals surface area contributed by atoms with Crippen LogP contribution in [0.4, 0.5) is 0 Å². The van der Waals surface area contributed by atoms with Crippen LogP contribution in [-0.4, -0.2) is 26.9 Å². The van der Waals surface area contributed by atoms with Crippen LogP contribution in [0.5, 0.6) is 0 Å². The van der Waals surface area contributed by atoms with E-state index in [1.165, 1.54) is 11.8 Å². The van der Waals surface area contributed by atoms with E-state index in [0.717, 1.165) is 9.79 Å². The Labute approximate surface area is 119 Å². The second kappa shape index (κ2) is 6.12. The summed E-state index contributed by atoms with van der Waals surface area (Å²) in [7, 11) is 0. The number of carbonyl (C=O) groups excluding carboxylic acids is 1. The van der Waals surface area contributed by atoms with Gasteiger partial charge in [0.1, 0.15) is 0 Å². The number of hydrogen-bond donors (Lipinski definition) is 3. The van der Waals surface area contributed by atoms with Crippen molar-refractivity contribution in [1.82, 2.24) is 4.98 Å². The third kappa shape index (κ3) is 3.52. The van der Waals surface area contributed by atoms with Gasteiger partial charge < -0.3 is 15.2 Å². The lowest BCUT2D eigenvalue weighted by Gasteiger charge is -1.96. The molecule has 1 aromatic carbocycles. The minimum atomic E-state index is -1.54. The molecule has 5 nitrogen and oxygen atoms in total. The number of allylic oxidation sites excluding steroid dienone is 1. The molecule has 0 saturated heterocycles. The molecule has 0 aliphatic carbocycles. The number of carboxylic acids is 1. The quantitative estimate of drug-likeness (QED) is 0.447. The monoisotopic (exact) mass is 289 g/mol. The Morgan fingerprint density at radius 1 is 1.10 bits per heavy atom. The number of rotatable bonds is 5. The number of aliphatic carboxylic acids is 1. The Kier molecular flexibility index (Phi) is 4.27. The molecule has 102 valence electrons. The highest BCUT2D eigenvalue weighted by atomic mass is 32.2. The maximum absolute atomic E-state index is 11.7. The van der Waals surface area contributed by atoms with Gasteiger partial charge in [-0.25, -0.2) is 4.79 Å². The molecule has 0 saturated carbocycles. The van der Waals surface area contributed by atoms with E-state index in [1.54, 1.807) is 12.3 Å². The summed E-state index contributed by atoms with van der Waals surface area (Å²) in [6.07, 6.45) is 2.32. The largest absolute Gasteiger partial charge is 0.502 e. The average Bonchev–Trinajstić information content (AvgIpc) is 2.88. The maximum Gasteiger partial charge on any atom is 0.371 e. The molecule has 6 heteroatoms. The highest BCUT2D eigenvalue weighted by Gasteiger charge is 2.11. The SMILES string of the molecule is O=C(O)C(O)=CC(=O)c1cc(Sc2ccccc2)c[nH]1. The van der Waals surface area contributed by atoms with Gasteiger partial charge in [0.15, 0.2) is 0 Å². The molecule has 0 aliphatic heterocycles. The van der Waals surface area contributed by atoms with Gasteiger partial charge in [0.2, 0.25) is 11.5 Å². The molecule has 0 spiro atoms. The van der Waals surface area contributed by atoms with Crippen LogP contribution in [0.2, 0.25) is 0 Å². The second-order valence-electron chi connectivity index (χ2n) is 3.86. The van der Waals surface area contributed by atoms with Gasteiger partial charge in [0, 0.05) is 22.1 Å².